The Balaban J connectivity index is 0.000000138. The lowest BCUT2D eigenvalue weighted by Crippen LogP contribution is -2.11. The molecule has 0 spiro atoms. The van der Waals surface area contributed by atoms with Crippen LogP contribution in [0.25, 0.3) is 163 Å². The molecule has 0 saturated heterocycles. The minimum atomic E-state index is 0.872. The maximum absolute atomic E-state index is 6.70. The topological polar surface area (TPSA) is 32.8 Å². The van der Waals surface area contributed by atoms with Gasteiger partial charge in [0.15, 0.2) is 0 Å². The molecule has 0 aliphatic heterocycles. The molecule has 102 heavy (non-hydrogen) atoms. The molecule has 0 radical (unpaired) electrons. The molecular formula is C98H62N2O2. The van der Waals surface area contributed by atoms with Gasteiger partial charge >= 0.3 is 0 Å². The Morgan fingerprint density at radius 2 is 0.510 bits per heavy atom. The first-order chi connectivity index (χ1) is 50.6. The SMILES string of the molecule is c1ccc2c(-c3ccc(-c4ccc(N(c5cc6ccccc6c6ccccc56)c5cccc6oc7c8ccccc8ccc7c56)cc4)cc3)cccc2c1.c1ccc2c(-c3ccc(N(c4ccc5c(ccc6ccccc65)c4)c4cccc5oc6c7ccccc7ccc6c45)cc3)cccc2c1. The monoisotopic (exact) mass is 1300 g/mol. The molecule has 0 saturated carbocycles. The van der Waals surface area contributed by atoms with E-state index in [9.17, 15) is 0 Å². The number of anilines is 6. The van der Waals surface area contributed by atoms with Gasteiger partial charge in [-0.1, -0.05) is 297 Å². The molecule has 2 aromatic heterocycles. The van der Waals surface area contributed by atoms with E-state index in [4.69, 9.17) is 8.83 Å². The molecule has 476 valence electrons. The van der Waals surface area contributed by atoms with Crippen LogP contribution in [0.5, 0.6) is 0 Å². The molecule has 0 fully saturated rings. The zero-order valence-electron chi connectivity index (χ0n) is 55.5. The molecule has 0 amide bonds. The molecule has 0 N–H and O–H groups in total. The summed E-state index contributed by atoms with van der Waals surface area (Å²) >= 11 is 0. The number of furan rings is 2. The average Bonchev–Trinajstić information content (AvgIpc) is 1.38. The Bertz CT molecular complexity index is 6870. The fourth-order valence-electron chi connectivity index (χ4n) is 16.0. The van der Waals surface area contributed by atoms with E-state index >= 15 is 0 Å². The highest BCUT2D eigenvalue weighted by molar-refractivity contribution is 6.23. The molecule has 2 heterocycles. The zero-order valence-corrected chi connectivity index (χ0v) is 55.5. The van der Waals surface area contributed by atoms with Crippen LogP contribution >= 0.6 is 0 Å². The van der Waals surface area contributed by atoms with Gasteiger partial charge in [0, 0.05) is 44.0 Å². The van der Waals surface area contributed by atoms with E-state index in [-0.39, 0.29) is 0 Å². The van der Waals surface area contributed by atoms with Crippen molar-refractivity contribution in [3.63, 3.8) is 0 Å². The predicted molar refractivity (Wildman–Crippen MR) is 433 cm³/mol. The molecule has 0 bridgehead atoms. The van der Waals surface area contributed by atoms with Gasteiger partial charge in [-0.2, -0.15) is 0 Å². The number of hydrogen-bond donors (Lipinski definition) is 0. The summed E-state index contributed by atoms with van der Waals surface area (Å²) in [7, 11) is 0. The normalized spacial score (nSPS) is 11.7. The van der Waals surface area contributed by atoms with Gasteiger partial charge in [-0.05, 0) is 182 Å². The van der Waals surface area contributed by atoms with Crippen molar-refractivity contribution in [1.29, 1.82) is 0 Å². The van der Waals surface area contributed by atoms with Crippen molar-refractivity contribution in [2.24, 2.45) is 0 Å². The Labute approximate surface area is 588 Å². The second-order valence-electron chi connectivity index (χ2n) is 26.6. The lowest BCUT2D eigenvalue weighted by Gasteiger charge is -2.28. The van der Waals surface area contributed by atoms with Crippen LogP contribution in [0, 0.1) is 0 Å². The van der Waals surface area contributed by atoms with Crippen LogP contribution < -0.4 is 9.80 Å². The fraction of sp³-hybridized carbons (Fsp3) is 0. The standard InChI is InChI=1S/C52H33NO.C46H29NO/c1-4-15-41-36(11-1)14-9-20-42(41)38-25-23-34(24-26-38)35-27-30-40(31-28-35)53(49-33-39-13-3-5-16-43(39)45-18-7-8-19-46(45)49)48-21-10-22-50-51(48)47-32-29-37-12-2-6-17-44(37)52(47)54-50;1-4-13-37-30(9-1)12-7-16-39(37)33-21-24-35(25-22-33)47(36-26-28-40-34(29-36)20-19-31-10-2-5-14-38(31)40)43-17-8-18-44-45(43)42-27-23-32-11-3-6-15-41(32)46(42)48-44/h1-33H;1-29H. The highest BCUT2D eigenvalue weighted by Gasteiger charge is 2.25. The summed E-state index contributed by atoms with van der Waals surface area (Å²) in [6.45, 7) is 0. The highest BCUT2D eigenvalue weighted by atomic mass is 16.3. The molecule has 21 aromatic rings. The predicted octanol–water partition coefficient (Wildman–Crippen LogP) is 28.3. The van der Waals surface area contributed by atoms with Crippen LogP contribution in [-0.4, -0.2) is 0 Å². The van der Waals surface area contributed by atoms with E-state index in [1.165, 1.54) is 109 Å². The summed E-state index contributed by atoms with van der Waals surface area (Å²) in [5, 5.41) is 23.9. The summed E-state index contributed by atoms with van der Waals surface area (Å²) in [6.07, 6.45) is 0. The number of nitrogens with zero attached hydrogens (tertiary/aromatic N) is 2. The number of fused-ring (bicyclic) bond motifs is 18. The summed E-state index contributed by atoms with van der Waals surface area (Å²) in [5.41, 5.74) is 17.4. The van der Waals surface area contributed by atoms with Crippen molar-refractivity contribution in [2.75, 3.05) is 9.80 Å². The van der Waals surface area contributed by atoms with Gasteiger partial charge in [-0.25, -0.2) is 0 Å². The molecule has 0 aliphatic rings. The number of benzene rings is 19. The first-order valence-corrected chi connectivity index (χ1v) is 34.9. The maximum Gasteiger partial charge on any atom is 0.143 e. The van der Waals surface area contributed by atoms with Crippen molar-refractivity contribution < 1.29 is 8.83 Å². The van der Waals surface area contributed by atoms with Gasteiger partial charge < -0.3 is 18.6 Å². The van der Waals surface area contributed by atoms with Crippen LogP contribution in [-0.2, 0) is 0 Å². The third-order valence-corrected chi connectivity index (χ3v) is 20.9. The van der Waals surface area contributed by atoms with Crippen LogP contribution in [0.4, 0.5) is 34.1 Å². The Morgan fingerprint density at radius 3 is 1.06 bits per heavy atom. The van der Waals surface area contributed by atoms with Crippen LogP contribution in [0.15, 0.2) is 385 Å². The summed E-state index contributed by atoms with van der Waals surface area (Å²) in [5.74, 6) is 0. The second kappa shape index (κ2) is 24.2. The first-order valence-electron chi connectivity index (χ1n) is 34.9. The van der Waals surface area contributed by atoms with Gasteiger partial charge in [0.25, 0.3) is 0 Å². The molecule has 4 nitrogen and oxygen atoms in total. The molecule has 0 atom stereocenters. The van der Waals surface area contributed by atoms with E-state index in [1.807, 2.05) is 0 Å². The van der Waals surface area contributed by atoms with Crippen molar-refractivity contribution in [3.8, 4) is 33.4 Å². The van der Waals surface area contributed by atoms with Gasteiger partial charge in [0.1, 0.15) is 22.3 Å². The molecular weight excluding hydrogens is 1240 g/mol. The highest BCUT2D eigenvalue weighted by Crippen LogP contribution is 2.50. The van der Waals surface area contributed by atoms with Gasteiger partial charge in [0.2, 0.25) is 0 Å². The molecule has 21 rings (SSSR count). The van der Waals surface area contributed by atoms with Gasteiger partial charge in [-0.15, -0.1) is 0 Å². The Morgan fingerprint density at radius 1 is 0.176 bits per heavy atom. The number of rotatable bonds is 9. The lowest BCUT2D eigenvalue weighted by atomic mass is 9.96. The third kappa shape index (κ3) is 9.83. The van der Waals surface area contributed by atoms with Gasteiger partial charge in [-0.3, -0.25) is 0 Å². The molecule has 4 heteroatoms. The summed E-state index contributed by atoms with van der Waals surface area (Å²) in [4.78, 5) is 4.81. The minimum absolute atomic E-state index is 0.872. The summed E-state index contributed by atoms with van der Waals surface area (Å²) < 4.78 is 13.3. The van der Waals surface area contributed by atoms with Gasteiger partial charge in [0.05, 0.1) is 27.8 Å². The Hall–Kier alpha value is -13.5. The first kappa shape index (κ1) is 58.6. The largest absolute Gasteiger partial charge is 0.455 e. The van der Waals surface area contributed by atoms with Crippen LogP contribution in [0.3, 0.4) is 0 Å². The zero-order chi connectivity index (χ0) is 67.2. The minimum Gasteiger partial charge on any atom is -0.455 e. The lowest BCUT2D eigenvalue weighted by molar-refractivity contribution is 0.672. The van der Waals surface area contributed by atoms with E-state index in [0.29, 0.717) is 0 Å². The quantitative estimate of drug-likeness (QED) is 0.135. The van der Waals surface area contributed by atoms with Crippen LogP contribution in [0.1, 0.15) is 0 Å². The van der Waals surface area contributed by atoms with Crippen molar-refractivity contribution >= 4 is 164 Å². The number of hydrogen-bond acceptors (Lipinski definition) is 4. The fourth-order valence-corrected chi connectivity index (χ4v) is 16.0. The third-order valence-electron chi connectivity index (χ3n) is 20.9. The van der Waals surface area contributed by atoms with Crippen molar-refractivity contribution in [3.05, 3.63) is 376 Å². The Kier molecular flexibility index (Phi) is 13.9. The molecule has 19 aromatic carbocycles. The maximum atomic E-state index is 6.70. The van der Waals surface area contributed by atoms with Crippen LogP contribution in [0.2, 0.25) is 0 Å². The van der Waals surface area contributed by atoms with E-state index in [1.54, 1.807) is 0 Å². The average molecular weight is 1300 g/mol. The summed E-state index contributed by atoms with van der Waals surface area (Å²) in [6, 6.07) is 136. The van der Waals surface area contributed by atoms with E-state index < -0.39 is 0 Å². The molecule has 0 unspecified atom stereocenters. The smallest absolute Gasteiger partial charge is 0.143 e. The van der Waals surface area contributed by atoms with E-state index in [0.717, 1.165) is 88.8 Å². The van der Waals surface area contributed by atoms with Crippen molar-refractivity contribution in [2.45, 2.75) is 0 Å². The second-order valence-corrected chi connectivity index (χ2v) is 26.6. The van der Waals surface area contributed by atoms with E-state index in [2.05, 4.69) is 386 Å². The molecule has 0 aliphatic carbocycles. The van der Waals surface area contributed by atoms with Crippen molar-refractivity contribution in [1.82, 2.24) is 0 Å².